The highest BCUT2D eigenvalue weighted by Crippen LogP contribution is 2.23. The topological polar surface area (TPSA) is 34.1 Å². The van der Waals surface area contributed by atoms with Crippen LogP contribution in [0.5, 0.6) is 0 Å². The molecule has 15 heavy (non-hydrogen) atoms. The molecule has 0 fully saturated rings. The molecule has 1 aromatic rings. The van der Waals surface area contributed by atoms with E-state index < -0.39 is 5.41 Å². The van der Waals surface area contributed by atoms with Gasteiger partial charge in [-0.15, -0.1) is 0 Å². The predicted molar refractivity (Wildman–Crippen MR) is 59.6 cm³/mol. The lowest BCUT2D eigenvalue weighted by atomic mass is 9.81. The van der Waals surface area contributed by atoms with E-state index in [1.54, 1.807) is 0 Å². The summed E-state index contributed by atoms with van der Waals surface area (Å²) in [6.45, 7) is 3.76. The van der Waals surface area contributed by atoms with E-state index in [0.717, 1.165) is 5.56 Å². The van der Waals surface area contributed by atoms with Gasteiger partial charge in [0.05, 0.1) is 6.42 Å². The van der Waals surface area contributed by atoms with Crippen LogP contribution in [0.25, 0.3) is 0 Å². The van der Waals surface area contributed by atoms with Crippen LogP contribution in [0.4, 0.5) is 0 Å². The van der Waals surface area contributed by atoms with E-state index in [2.05, 4.69) is 0 Å². The third kappa shape index (κ3) is 3.31. The van der Waals surface area contributed by atoms with Crippen molar-refractivity contribution in [3.8, 4) is 0 Å². The summed E-state index contributed by atoms with van der Waals surface area (Å²) >= 11 is 0. The lowest BCUT2D eigenvalue weighted by Gasteiger charge is -2.22. The zero-order valence-electron chi connectivity index (χ0n) is 9.19. The fraction of sp³-hybridized carbons (Fsp3) is 0.385. The highest BCUT2D eigenvalue weighted by atomic mass is 16.1. The van der Waals surface area contributed by atoms with E-state index >= 15 is 0 Å². The van der Waals surface area contributed by atoms with Crippen LogP contribution < -0.4 is 0 Å². The summed E-state index contributed by atoms with van der Waals surface area (Å²) in [6, 6.07) is 9.85. The summed E-state index contributed by atoms with van der Waals surface area (Å²) in [7, 11) is 0. The number of Topliss-reactive ketones (excluding diaryl/α,β-unsaturated/α-hetero) is 1. The summed E-state index contributed by atoms with van der Waals surface area (Å²) in [5.74, 6) is 0.00125. The molecule has 0 aliphatic rings. The van der Waals surface area contributed by atoms with Crippen LogP contribution in [0.3, 0.4) is 0 Å². The lowest BCUT2D eigenvalue weighted by Crippen LogP contribution is -2.26. The number of aldehydes is 1. The summed E-state index contributed by atoms with van der Waals surface area (Å²) in [5, 5.41) is 0. The van der Waals surface area contributed by atoms with E-state index in [4.69, 9.17) is 0 Å². The van der Waals surface area contributed by atoms with Crippen molar-refractivity contribution in [1.29, 1.82) is 0 Å². The van der Waals surface area contributed by atoms with Crippen LogP contribution in [0, 0.1) is 5.41 Å². The minimum atomic E-state index is -0.456. The first-order valence-electron chi connectivity index (χ1n) is 5.07. The first kappa shape index (κ1) is 11.6. The highest BCUT2D eigenvalue weighted by molar-refractivity contribution is 5.93. The molecule has 0 aliphatic carbocycles. The van der Waals surface area contributed by atoms with Crippen molar-refractivity contribution in [2.75, 3.05) is 0 Å². The Morgan fingerprint density at radius 2 is 1.87 bits per heavy atom. The van der Waals surface area contributed by atoms with Crippen LogP contribution in [-0.4, -0.2) is 12.1 Å². The van der Waals surface area contributed by atoms with Crippen LogP contribution in [0.15, 0.2) is 30.3 Å². The van der Waals surface area contributed by atoms with Crippen LogP contribution >= 0.6 is 0 Å². The maximum atomic E-state index is 11.6. The third-order valence-corrected chi connectivity index (χ3v) is 2.51. The molecule has 1 aromatic carbocycles. The lowest BCUT2D eigenvalue weighted by molar-refractivity contribution is -0.129. The molecule has 1 rings (SSSR count). The second-order valence-corrected chi connectivity index (χ2v) is 4.34. The molecule has 80 valence electrons. The van der Waals surface area contributed by atoms with Gasteiger partial charge in [0.1, 0.15) is 12.1 Å². The number of benzene rings is 1. The normalized spacial score (nSPS) is 11.1. The van der Waals surface area contributed by atoms with Crippen molar-refractivity contribution in [2.45, 2.75) is 26.7 Å². The second kappa shape index (κ2) is 4.87. The molecule has 0 saturated heterocycles. The van der Waals surface area contributed by atoms with Crippen molar-refractivity contribution >= 4 is 12.1 Å². The summed E-state index contributed by atoms with van der Waals surface area (Å²) < 4.78 is 0. The standard InChI is InChI=1S/C13H16O2/c1-13(2,12(15)8-9-14)10-11-6-4-3-5-7-11/h3-7,9H,8,10H2,1-2H3. The van der Waals surface area contributed by atoms with Crippen molar-refractivity contribution in [3.05, 3.63) is 35.9 Å². The predicted octanol–water partition coefficient (Wildman–Crippen LogP) is 2.41. The number of hydrogen-bond donors (Lipinski definition) is 0. The van der Waals surface area contributed by atoms with E-state index in [1.807, 2.05) is 44.2 Å². The van der Waals surface area contributed by atoms with Gasteiger partial charge in [0.25, 0.3) is 0 Å². The van der Waals surface area contributed by atoms with Crippen molar-refractivity contribution in [3.63, 3.8) is 0 Å². The first-order chi connectivity index (χ1) is 7.06. The fourth-order valence-electron chi connectivity index (χ4n) is 1.56. The first-order valence-corrected chi connectivity index (χ1v) is 5.07. The van der Waals surface area contributed by atoms with E-state index in [0.29, 0.717) is 12.7 Å². The summed E-state index contributed by atoms with van der Waals surface area (Å²) in [4.78, 5) is 21.9. The number of carbonyl (C=O) groups is 2. The van der Waals surface area contributed by atoms with Gasteiger partial charge in [-0.3, -0.25) is 4.79 Å². The van der Waals surface area contributed by atoms with Gasteiger partial charge in [-0.25, -0.2) is 0 Å². The minimum absolute atomic E-state index is 0.00125. The van der Waals surface area contributed by atoms with E-state index in [-0.39, 0.29) is 12.2 Å². The second-order valence-electron chi connectivity index (χ2n) is 4.34. The Morgan fingerprint density at radius 3 is 2.40 bits per heavy atom. The number of hydrogen-bond acceptors (Lipinski definition) is 2. The number of rotatable bonds is 5. The Morgan fingerprint density at radius 1 is 1.27 bits per heavy atom. The molecular weight excluding hydrogens is 188 g/mol. The van der Waals surface area contributed by atoms with Crippen LogP contribution in [-0.2, 0) is 16.0 Å². The molecule has 0 radical (unpaired) electrons. The minimum Gasteiger partial charge on any atom is -0.303 e. The molecule has 0 heterocycles. The molecule has 0 aliphatic heterocycles. The van der Waals surface area contributed by atoms with Crippen molar-refractivity contribution < 1.29 is 9.59 Å². The van der Waals surface area contributed by atoms with Gasteiger partial charge in [0.15, 0.2) is 0 Å². The Bertz CT molecular complexity index is 339. The molecule has 0 amide bonds. The maximum Gasteiger partial charge on any atom is 0.145 e. The number of carbonyl (C=O) groups excluding carboxylic acids is 2. The van der Waals surface area contributed by atoms with Crippen molar-refractivity contribution in [2.24, 2.45) is 5.41 Å². The monoisotopic (exact) mass is 204 g/mol. The van der Waals surface area contributed by atoms with Crippen molar-refractivity contribution in [1.82, 2.24) is 0 Å². The van der Waals surface area contributed by atoms with Crippen LogP contribution in [0.2, 0.25) is 0 Å². The van der Waals surface area contributed by atoms with Gasteiger partial charge < -0.3 is 4.79 Å². The molecule has 0 saturated carbocycles. The SMILES string of the molecule is CC(C)(Cc1ccccc1)C(=O)CC=O. The number of ketones is 1. The largest absolute Gasteiger partial charge is 0.303 e. The molecule has 0 spiro atoms. The van der Waals surface area contributed by atoms with Gasteiger partial charge in [-0.2, -0.15) is 0 Å². The van der Waals surface area contributed by atoms with E-state index in [9.17, 15) is 9.59 Å². The average molecular weight is 204 g/mol. The molecule has 0 aromatic heterocycles. The Kier molecular flexibility index (Phi) is 3.78. The van der Waals surface area contributed by atoms with Gasteiger partial charge in [-0.1, -0.05) is 44.2 Å². The maximum absolute atomic E-state index is 11.6. The zero-order valence-corrected chi connectivity index (χ0v) is 9.19. The summed E-state index contributed by atoms with van der Waals surface area (Å²) in [5.41, 5.74) is 0.671. The molecule has 2 nitrogen and oxygen atoms in total. The van der Waals surface area contributed by atoms with E-state index in [1.165, 1.54) is 0 Å². The molecule has 0 bridgehead atoms. The highest BCUT2D eigenvalue weighted by Gasteiger charge is 2.26. The van der Waals surface area contributed by atoms with Gasteiger partial charge in [-0.05, 0) is 12.0 Å². The molecular formula is C13H16O2. The van der Waals surface area contributed by atoms with Gasteiger partial charge in [0.2, 0.25) is 0 Å². The zero-order chi connectivity index (χ0) is 11.3. The summed E-state index contributed by atoms with van der Waals surface area (Å²) in [6.07, 6.45) is 1.37. The Labute approximate surface area is 90.3 Å². The van der Waals surface area contributed by atoms with Gasteiger partial charge >= 0.3 is 0 Å². The Balaban J connectivity index is 2.72. The van der Waals surface area contributed by atoms with Gasteiger partial charge in [0, 0.05) is 5.41 Å². The fourth-order valence-corrected chi connectivity index (χ4v) is 1.56. The molecule has 0 N–H and O–H groups in total. The Hall–Kier alpha value is -1.44. The average Bonchev–Trinajstić information content (AvgIpc) is 2.19. The molecule has 2 heteroatoms. The quantitative estimate of drug-likeness (QED) is 0.545. The molecule has 0 atom stereocenters. The van der Waals surface area contributed by atoms with Crippen LogP contribution in [0.1, 0.15) is 25.8 Å². The molecule has 0 unspecified atom stereocenters. The third-order valence-electron chi connectivity index (χ3n) is 2.51. The smallest absolute Gasteiger partial charge is 0.145 e.